The highest BCUT2D eigenvalue weighted by atomic mass is 32.1. The molecular weight excluding hydrogens is 256 g/mol. The first-order chi connectivity index (χ1) is 9.00. The van der Waals surface area contributed by atoms with Crippen LogP contribution in [-0.4, -0.2) is 41.7 Å². The van der Waals surface area contributed by atoms with Gasteiger partial charge in [-0.3, -0.25) is 4.90 Å². The maximum Gasteiger partial charge on any atom is 0.0816 e. The van der Waals surface area contributed by atoms with Crippen LogP contribution in [0, 0.1) is 0 Å². The minimum Gasteiger partial charge on any atom is -0.393 e. The first-order valence-electron chi connectivity index (χ1n) is 6.68. The first kappa shape index (κ1) is 14.4. The molecule has 0 aliphatic carbocycles. The molecule has 0 radical (unpaired) electrons. The lowest BCUT2D eigenvalue weighted by Crippen LogP contribution is -2.54. The van der Waals surface area contributed by atoms with E-state index in [9.17, 15) is 0 Å². The third-order valence-corrected chi connectivity index (χ3v) is 4.05. The number of hydrogen-bond acceptors (Lipinski definition) is 3. The van der Waals surface area contributed by atoms with Gasteiger partial charge in [0.25, 0.3) is 0 Å². The van der Waals surface area contributed by atoms with Gasteiger partial charge in [-0.15, -0.1) is 0 Å². The molecule has 2 N–H and O–H groups in total. The normalized spacial score (nSPS) is 20.9. The molecule has 0 spiro atoms. The van der Waals surface area contributed by atoms with Crippen LogP contribution >= 0.6 is 12.2 Å². The number of thiocarbonyl (C=S) groups is 1. The van der Waals surface area contributed by atoms with Crippen molar-refractivity contribution in [2.75, 3.05) is 26.3 Å². The quantitative estimate of drug-likeness (QED) is 0.857. The Labute approximate surface area is 120 Å². The molecule has 1 unspecified atom stereocenters. The molecule has 0 amide bonds. The Bertz CT molecular complexity index is 433. The molecule has 1 atom stereocenters. The number of nitrogens with two attached hydrogens (primary N) is 1. The Kier molecular flexibility index (Phi) is 4.55. The zero-order valence-electron chi connectivity index (χ0n) is 11.6. The Morgan fingerprint density at radius 1 is 1.42 bits per heavy atom. The molecule has 104 valence electrons. The van der Waals surface area contributed by atoms with Crippen molar-refractivity contribution in [3.63, 3.8) is 0 Å². The summed E-state index contributed by atoms with van der Waals surface area (Å²) >= 11 is 5.26. The summed E-state index contributed by atoms with van der Waals surface area (Å²) in [5.74, 6) is 0.105. The van der Waals surface area contributed by atoms with Crippen molar-refractivity contribution in [2.24, 2.45) is 5.73 Å². The highest BCUT2D eigenvalue weighted by molar-refractivity contribution is 7.80. The molecule has 19 heavy (non-hydrogen) atoms. The van der Waals surface area contributed by atoms with Crippen LogP contribution in [0.1, 0.15) is 25.3 Å². The topological polar surface area (TPSA) is 38.5 Å². The van der Waals surface area contributed by atoms with E-state index in [2.05, 4.69) is 30.9 Å². The lowest BCUT2D eigenvalue weighted by Gasteiger charge is -2.43. The molecule has 1 aliphatic rings. The fraction of sp³-hybridized carbons (Fsp3) is 0.533. The van der Waals surface area contributed by atoms with E-state index in [1.54, 1.807) is 0 Å². The molecule has 1 aromatic carbocycles. The van der Waals surface area contributed by atoms with Crippen molar-refractivity contribution < 1.29 is 4.74 Å². The summed E-state index contributed by atoms with van der Waals surface area (Å²) in [6.45, 7) is 7.73. The summed E-state index contributed by atoms with van der Waals surface area (Å²) in [5, 5.41) is 0. The van der Waals surface area contributed by atoms with Crippen LogP contribution in [0.25, 0.3) is 0 Å². The van der Waals surface area contributed by atoms with Crippen LogP contribution < -0.4 is 5.73 Å². The fourth-order valence-electron chi connectivity index (χ4n) is 2.49. The van der Waals surface area contributed by atoms with Crippen LogP contribution in [-0.2, 0) is 4.74 Å². The van der Waals surface area contributed by atoms with Crippen LogP contribution in [0.3, 0.4) is 0 Å². The fourth-order valence-corrected chi connectivity index (χ4v) is 2.71. The van der Waals surface area contributed by atoms with Crippen LogP contribution in [0.5, 0.6) is 0 Å². The second kappa shape index (κ2) is 5.99. The molecule has 0 aromatic heterocycles. The van der Waals surface area contributed by atoms with Gasteiger partial charge in [0.1, 0.15) is 0 Å². The zero-order valence-corrected chi connectivity index (χ0v) is 12.5. The van der Waals surface area contributed by atoms with E-state index in [1.165, 1.54) is 5.56 Å². The van der Waals surface area contributed by atoms with Crippen molar-refractivity contribution in [2.45, 2.75) is 25.3 Å². The standard InChI is InChI=1S/C15H22N2OS/c1-15(2)11-18-9-8-17(15)10-13(14(16)19)12-6-4-3-5-7-12/h3-7,13H,8-11H2,1-2H3,(H2,16,19). The highest BCUT2D eigenvalue weighted by Crippen LogP contribution is 2.24. The molecule has 0 saturated carbocycles. The third-order valence-electron chi connectivity index (χ3n) is 3.77. The molecule has 1 saturated heterocycles. The highest BCUT2D eigenvalue weighted by Gasteiger charge is 2.32. The summed E-state index contributed by atoms with van der Waals surface area (Å²) in [5.41, 5.74) is 7.18. The molecule has 4 heteroatoms. The third kappa shape index (κ3) is 3.53. The largest absolute Gasteiger partial charge is 0.393 e. The van der Waals surface area contributed by atoms with Crippen molar-refractivity contribution in [3.05, 3.63) is 35.9 Å². The molecule has 2 rings (SSSR count). The summed E-state index contributed by atoms with van der Waals surface area (Å²) in [4.78, 5) is 2.99. The van der Waals surface area contributed by atoms with Gasteiger partial charge in [0, 0.05) is 24.5 Å². The van der Waals surface area contributed by atoms with Gasteiger partial charge in [0.05, 0.1) is 18.2 Å². The second-order valence-electron chi connectivity index (χ2n) is 5.68. The van der Waals surface area contributed by atoms with Gasteiger partial charge in [-0.25, -0.2) is 0 Å². The van der Waals surface area contributed by atoms with Crippen LogP contribution in [0.15, 0.2) is 30.3 Å². The number of rotatable bonds is 4. The van der Waals surface area contributed by atoms with Gasteiger partial charge in [-0.1, -0.05) is 42.5 Å². The molecule has 3 nitrogen and oxygen atoms in total. The molecule has 1 aromatic rings. The number of morpholine rings is 1. The minimum atomic E-state index is 0.0378. The van der Waals surface area contributed by atoms with Gasteiger partial charge in [0.2, 0.25) is 0 Å². The average molecular weight is 278 g/mol. The smallest absolute Gasteiger partial charge is 0.0816 e. The SMILES string of the molecule is CC1(C)COCCN1CC(C(N)=S)c1ccccc1. The summed E-state index contributed by atoms with van der Waals surface area (Å²) in [6, 6.07) is 10.3. The van der Waals surface area contributed by atoms with E-state index in [-0.39, 0.29) is 11.5 Å². The maximum atomic E-state index is 5.95. The predicted molar refractivity (Wildman–Crippen MR) is 82.4 cm³/mol. The lowest BCUT2D eigenvalue weighted by atomic mass is 9.94. The molecular formula is C15H22N2OS. The minimum absolute atomic E-state index is 0.0378. The molecule has 1 heterocycles. The monoisotopic (exact) mass is 278 g/mol. The Balaban J connectivity index is 2.15. The molecule has 0 bridgehead atoms. The van der Waals surface area contributed by atoms with Crippen molar-refractivity contribution in [3.8, 4) is 0 Å². The Morgan fingerprint density at radius 3 is 2.68 bits per heavy atom. The predicted octanol–water partition coefficient (Wildman–Crippen LogP) is 2.17. The summed E-state index contributed by atoms with van der Waals surface area (Å²) < 4.78 is 5.56. The summed E-state index contributed by atoms with van der Waals surface area (Å²) in [6.07, 6.45) is 0. The number of hydrogen-bond donors (Lipinski definition) is 1. The first-order valence-corrected chi connectivity index (χ1v) is 7.08. The number of nitrogens with zero attached hydrogens (tertiary/aromatic N) is 1. The van der Waals surface area contributed by atoms with Crippen molar-refractivity contribution >= 4 is 17.2 Å². The van der Waals surface area contributed by atoms with E-state index in [4.69, 9.17) is 22.7 Å². The Hall–Kier alpha value is -0.970. The zero-order chi connectivity index (χ0) is 13.9. The maximum absolute atomic E-state index is 5.95. The number of benzene rings is 1. The van der Waals surface area contributed by atoms with Crippen LogP contribution in [0.4, 0.5) is 0 Å². The molecule has 1 fully saturated rings. The van der Waals surface area contributed by atoms with Gasteiger partial charge < -0.3 is 10.5 Å². The lowest BCUT2D eigenvalue weighted by molar-refractivity contribution is -0.0511. The van der Waals surface area contributed by atoms with E-state index < -0.39 is 0 Å². The number of ether oxygens (including phenoxy) is 1. The van der Waals surface area contributed by atoms with Gasteiger partial charge >= 0.3 is 0 Å². The van der Waals surface area contributed by atoms with E-state index >= 15 is 0 Å². The Morgan fingerprint density at radius 2 is 2.11 bits per heavy atom. The van der Waals surface area contributed by atoms with Crippen molar-refractivity contribution in [1.82, 2.24) is 4.90 Å². The van der Waals surface area contributed by atoms with Crippen molar-refractivity contribution in [1.29, 1.82) is 0 Å². The average Bonchev–Trinajstić information content (AvgIpc) is 2.37. The van der Waals surface area contributed by atoms with Gasteiger partial charge in [-0.2, -0.15) is 0 Å². The van der Waals surface area contributed by atoms with E-state index in [0.717, 1.165) is 26.3 Å². The van der Waals surface area contributed by atoms with Crippen LogP contribution in [0.2, 0.25) is 0 Å². The summed E-state index contributed by atoms with van der Waals surface area (Å²) in [7, 11) is 0. The van der Waals surface area contributed by atoms with E-state index in [1.807, 2.05) is 18.2 Å². The van der Waals surface area contributed by atoms with Gasteiger partial charge in [0.15, 0.2) is 0 Å². The van der Waals surface area contributed by atoms with Gasteiger partial charge in [-0.05, 0) is 19.4 Å². The second-order valence-corrected chi connectivity index (χ2v) is 6.15. The van der Waals surface area contributed by atoms with E-state index in [0.29, 0.717) is 4.99 Å². The molecule has 1 aliphatic heterocycles.